The van der Waals surface area contributed by atoms with Crippen LogP contribution in [0.4, 0.5) is 0 Å². The first-order valence-corrected chi connectivity index (χ1v) is 6.34. The first kappa shape index (κ1) is 10.8. The van der Waals surface area contributed by atoms with E-state index >= 15 is 0 Å². The Balaban J connectivity index is 2.00. The third-order valence-electron chi connectivity index (χ3n) is 4.69. The van der Waals surface area contributed by atoms with Crippen LogP contribution in [0.25, 0.3) is 0 Å². The first-order chi connectivity index (χ1) is 8.09. The average molecular weight is 230 g/mol. The van der Waals surface area contributed by atoms with Crippen molar-refractivity contribution < 1.29 is 9.53 Å². The Morgan fingerprint density at radius 3 is 2.41 bits per heavy atom. The molecule has 1 saturated heterocycles. The second kappa shape index (κ2) is 3.59. The van der Waals surface area contributed by atoms with E-state index < -0.39 is 0 Å². The molecule has 0 aromatic heterocycles. The van der Waals surface area contributed by atoms with Crippen molar-refractivity contribution in [3.8, 4) is 0 Å². The monoisotopic (exact) mass is 230 g/mol. The summed E-state index contributed by atoms with van der Waals surface area (Å²) in [7, 11) is 0. The molecule has 17 heavy (non-hydrogen) atoms. The van der Waals surface area contributed by atoms with Gasteiger partial charge in [0.2, 0.25) is 0 Å². The average Bonchev–Trinajstić information content (AvgIpc) is 2.75. The van der Waals surface area contributed by atoms with E-state index in [-0.39, 0.29) is 23.9 Å². The topological polar surface area (TPSA) is 26.3 Å². The van der Waals surface area contributed by atoms with Gasteiger partial charge in [-0.2, -0.15) is 0 Å². The summed E-state index contributed by atoms with van der Waals surface area (Å²) in [5, 5.41) is 0. The molecule has 0 radical (unpaired) electrons. The van der Waals surface area contributed by atoms with Crippen LogP contribution in [-0.2, 0) is 9.53 Å². The SMILES string of the molecule is C=C1CC[C@@H]2C(=C)CC[C@@H]3C(=C)C(=O)O[C@H]3[C@@H]12. The van der Waals surface area contributed by atoms with Crippen molar-refractivity contribution in [1.29, 1.82) is 0 Å². The Labute approximate surface area is 102 Å². The molecule has 2 nitrogen and oxygen atoms in total. The van der Waals surface area contributed by atoms with Crippen molar-refractivity contribution in [3.05, 3.63) is 36.5 Å². The molecule has 0 N–H and O–H groups in total. The molecule has 0 amide bonds. The zero-order valence-electron chi connectivity index (χ0n) is 10.1. The summed E-state index contributed by atoms with van der Waals surface area (Å²) in [6, 6.07) is 0. The molecule has 2 saturated carbocycles. The fourth-order valence-electron chi connectivity index (χ4n) is 3.71. The second-order valence-corrected chi connectivity index (χ2v) is 5.53. The van der Waals surface area contributed by atoms with E-state index in [4.69, 9.17) is 4.74 Å². The minimum atomic E-state index is -0.203. The van der Waals surface area contributed by atoms with Crippen LogP contribution >= 0.6 is 0 Å². The Bertz CT molecular complexity index is 432. The highest BCUT2D eigenvalue weighted by Gasteiger charge is 2.50. The number of hydrogen-bond donors (Lipinski definition) is 0. The van der Waals surface area contributed by atoms with E-state index in [0.29, 0.717) is 11.5 Å². The molecule has 0 spiro atoms. The smallest absolute Gasteiger partial charge is 0.334 e. The molecule has 3 fully saturated rings. The van der Waals surface area contributed by atoms with Gasteiger partial charge >= 0.3 is 5.97 Å². The molecule has 1 aliphatic heterocycles. The van der Waals surface area contributed by atoms with Gasteiger partial charge in [-0.1, -0.05) is 30.9 Å². The van der Waals surface area contributed by atoms with Crippen LogP contribution < -0.4 is 0 Å². The van der Waals surface area contributed by atoms with Crippen molar-refractivity contribution in [3.63, 3.8) is 0 Å². The largest absolute Gasteiger partial charge is 0.458 e. The summed E-state index contributed by atoms with van der Waals surface area (Å²) in [6.45, 7) is 12.3. The molecule has 2 aliphatic carbocycles. The molecule has 0 unspecified atom stereocenters. The van der Waals surface area contributed by atoms with Gasteiger partial charge in [0.25, 0.3) is 0 Å². The van der Waals surface area contributed by atoms with Crippen molar-refractivity contribution >= 4 is 5.97 Å². The minimum Gasteiger partial charge on any atom is -0.458 e. The third kappa shape index (κ3) is 1.43. The maximum Gasteiger partial charge on any atom is 0.334 e. The number of carbonyl (C=O) groups is 1. The number of ether oxygens (including phenoxy) is 1. The summed E-state index contributed by atoms with van der Waals surface area (Å²) < 4.78 is 5.55. The quantitative estimate of drug-likeness (QED) is 0.363. The number of esters is 1. The van der Waals surface area contributed by atoms with Crippen molar-refractivity contribution in [2.24, 2.45) is 17.8 Å². The van der Waals surface area contributed by atoms with Crippen molar-refractivity contribution in [1.82, 2.24) is 0 Å². The van der Waals surface area contributed by atoms with E-state index in [1.807, 2.05) is 0 Å². The molecule has 90 valence electrons. The lowest BCUT2D eigenvalue weighted by Gasteiger charge is -2.26. The molecule has 1 heterocycles. The van der Waals surface area contributed by atoms with Gasteiger partial charge in [-0.3, -0.25) is 0 Å². The number of fused-ring (bicyclic) bond motifs is 3. The van der Waals surface area contributed by atoms with Gasteiger partial charge in [0.1, 0.15) is 6.10 Å². The van der Waals surface area contributed by atoms with Gasteiger partial charge in [-0.05, 0) is 31.6 Å². The van der Waals surface area contributed by atoms with Crippen LogP contribution in [0.5, 0.6) is 0 Å². The summed E-state index contributed by atoms with van der Waals surface area (Å²) in [4.78, 5) is 11.7. The standard InChI is InChI=1S/C15H18O2/c1-8-4-7-12-10(3)15(16)17-14(12)13-9(2)5-6-11(8)13/h11-14H,1-7H2/t11-,12-,13+,14-/m1/s1. The molecule has 0 aromatic carbocycles. The molecule has 4 atom stereocenters. The summed E-state index contributed by atoms with van der Waals surface area (Å²) >= 11 is 0. The third-order valence-corrected chi connectivity index (χ3v) is 4.69. The van der Waals surface area contributed by atoms with Crippen LogP contribution in [-0.4, -0.2) is 12.1 Å². The molecule has 3 aliphatic rings. The van der Waals surface area contributed by atoms with Gasteiger partial charge in [-0.15, -0.1) is 0 Å². The maximum absolute atomic E-state index is 11.7. The zero-order valence-corrected chi connectivity index (χ0v) is 10.1. The second-order valence-electron chi connectivity index (χ2n) is 5.53. The Kier molecular flexibility index (Phi) is 2.29. The van der Waals surface area contributed by atoms with E-state index in [1.54, 1.807) is 0 Å². The first-order valence-electron chi connectivity index (χ1n) is 6.34. The van der Waals surface area contributed by atoms with E-state index in [2.05, 4.69) is 19.7 Å². The van der Waals surface area contributed by atoms with Crippen LogP contribution in [0.2, 0.25) is 0 Å². The van der Waals surface area contributed by atoms with Crippen LogP contribution in [0, 0.1) is 17.8 Å². The number of hydrogen-bond acceptors (Lipinski definition) is 2. The Morgan fingerprint density at radius 2 is 1.65 bits per heavy atom. The maximum atomic E-state index is 11.7. The highest BCUT2D eigenvalue weighted by Crippen LogP contribution is 2.51. The summed E-state index contributed by atoms with van der Waals surface area (Å²) in [5.41, 5.74) is 3.20. The predicted molar refractivity (Wildman–Crippen MR) is 66.2 cm³/mol. The number of carbonyl (C=O) groups excluding carboxylic acids is 1. The van der Waals surface area contributed by atoms with Crippen LogP contribution in [0.1, 0.15) is 25.7 Å². The highest BCUT2D eigenvalue weighted by molar-refractivity contribution is 5.91. The van der Waals surface area contributed by atoms with Crippen LogP contribution in [0.3, 0.4) is 0 Å². The van der Waals surface area contributed by atoms with Gasteiger partial charge in [0, 0.05) is 17.4 Å². The summed E-state index contributed by atoms with van der Waals surface area (Å²) in [6.07, 6.45) is 4.09. The lowest BCUT2D eigenvalue weighted by molar-refractivity contribution is -0.141. The lowest BCUT2D eigenvalue weighted by atomic mass is 9.82. The van der Waals surface area contributed by atoms with Crippen molar-refractivity contribution in [2.45, 2.75) is 31.8 Å². The zero-order chi connectivity index (χ0) is 12.2. The predicted octanol–water partition coefficient (Wildman–Crippen LogP) is 3.02. The van der Waals surface area contributed by atoms with Gasteiger partial charge < -0.3 is 4.74 Å². The van der Waals surface area contributed by atoms with E-state index in [1.165, 1.54) is 11.1 Å². The summed E-state index contributed by atoms with van der Waals surface area (Å²) in [5.74, 6) is 0.740. The normalized spacial score (nSPS) is 40.9. The Morgan fingerprint density at radius 1 is 1.00 bits per heavy atom. The van der Waals surface area contributed by atoms with Gasteiger partial charge in [0.15, 0.2) is 0 Å². The fourth-order valence-corrected chi connectivity index (χ4v) is 3.71. The molecule has 3 rings (SSSR count). The highest BCUT2D eigenvalue weighted by atomic mass is 16.6. The minimum absolute atomic E-state index is 0.0192. The molecular formula is C15H18O2. The molecule has 0 bridgehead atoms. The van der Waals surface area contributed by atoms with Crippen molar-refractivity contribution in [2.75, 3.05) is 0 Å². The van der Waals surface area contributed by atoms with Gasteiger partial charge in [-0.25, -0.2) is 4.79 Å². The fraction of sp³-hybridized carbons (Fsp3) is 0.533. The lowest BCUT2D eigenvalue weighted by Crippen LogP contribution is -2.28. The molecule has 0 aromatic rings. The number of allylic oxidation sites excluding steroid dienone is 1. The Hall–Kier alpha value is -1.31. The molecular weight excluding hydrogens is 212 g/mol. The van der Waals surface area contributed by atoms with Gasteiger partial charge in [0.05, 0.1) is 0 Å². The number of rotatable bonds is 0. The molecule has 2 heteroatoms. The van der Waals surface area contributed by atoms with E-state index in [9.17, 15) is 4.79 Å². The van der Waals surface area contributed by atoms with Crippen LogP contribution in [0.15, 0.2) is 36.5 Å². The van der Waals surface area contributed by atoms with E-state index in [0.717, 1.165) is 25.7 Å².